The van der Waals surface area contributed by atoms with Crippen LogP contribution in [0.1, 0.15) is 46.1 Å². The van der Waals surface area contributed by atoms with E-state index in [1.54, 1.807) is 0 Å². The maximum absolute atomic E-state index is 13.3. The van der Waals surface area contributed by atoms with Crippen LogP contribution in [0.5, 0.6) is 0 Å². The molecule has 0 aliphatic carbocycles. The van der Waals surface area contributed by atoms with Gasteiger partial charge in [0.1, 0.15) is 5.76 Å². The van der Waals surface area contributed by atoms with Gasteiger partial charge in [0.05, 0.1) is 5.69 Å². The van der Waals surface area contributed by atoms with Gasteiger partial charge in [-0.3, -0.25) is 9.69 Å². The first-order valence-corrected chi connectivity index (χ1v) is 9.34. The number of oxazole rings is 1. The first-order valence-electron chi connectivity index (χ1n) is 9.34. The van der Waals surface area contributed by atoms with Crippen molar-refractivity contribution in [1.82, 2.24) is 14.8 Å². The van der Waals surface area contributed by atoms with Crippen molar-refractivity contribution in [3.05, 3.63) is 52.7 Å². The number of rotatable bonds is 3. The number of aryl methyl sites for hydroxylation is 1. The topological polar surface area (TPSA) is 49.6 Å². The Morgan fingerprint density at radius 2 is 1.96 bits per heavy atom. The zero-order valence-corrected chi connectivity index (χ0v) is 15.4. The van der Waals surface area contributed by atoms with Gasteiger partial charge in [-0.15, -0.1) is 0 Å². The van der Waals surface area contributed by atoms with E-state index in [-0.39, 0.29) is 37.7 Å². The molecule has 0 bridgehead atoms. The minimum Gasteiger partial charge on any atom is -0.437 e. The van der Waals surface area contributed by atoms with Gasteiger partial charge in [0, 0.05) is 52.0 Å². The summed E-state index contributed by atoms with van der Waals surface area (Å²) in [5.74, 6) is -2.29. The third-order valence-electron chi connectivity index (χ3n) is 5.43. The first-order chi connectivity index (χ1) is 12.9. The lowest BCUT2D eigenvalue weighted by molar-refractivity contribution is -0.0499. The second kappa shape index (κ2) is 7.03. The third kappa shape index (κ3) is 3.88. The second-order valence-corrected chi connectivity index (χ2v) is 7.42. The second-order valence-electron chi connectivity index (χ2n) is 7.42. The molecule has 1 aromatic heterocycles. The average molecular weight is 375 g/mol. The normalized spacial score (nSPS) is 19.7. The Labute approximate surface area is 157 Å². The molecule has 144 valence electrons. The molecule has 2 aliphatic rings. The number of likely N-dealkylation sites (tertiary alicyclic amines) is 1. The fourth-order valence-electron chi connectivity index (χ4n) is 3.68. The third-order valence-corrected chi connectivity index (χ3v) is 5.43. The monoisotopic (exact) mass is 375 g/mol. The Morgan fingerprint density at radius 3 is 2.70 bits per heavy atom. The van der Waals surface area contributed by atoms with E-state index in [2.05, 4.69) is 28.9 Å². The molecule has 5 nitrogen and oxygen atoms in total. The van der Waals surface area contributed by atoms with E-state index >= 15 is 0 Å². The molecule has 0 saturated carbocycles. The maximum atomic E-state index is 13.3. The maximum Gasteiger partial charge on any atom is 0.309 e. The van der Waals surface area contributed by atoms with Crippen molar-refractivity contribution < 1.29 is 18.0 Å². The Kier molecular flexibility index (Phi) is 4.72. The van der Waals surface area contributed by atoms with E-state index in [4.69, 9.17) is 4.42 Å². The number of aromatic nitrogens is 1. The van der Waals surface area contributed by atoms with Crippen molar-refractivity contribution in [1.29, 1.82) is 0 Å². The lowest BCUT2D eigenvalue weighted by atomic mass is 10.1. The molecule has 4 rings (SSSR count). The summed E-state index contributed by atoms with van der Waals surface area (Å²) in [6.07, 6.45) is 0.0896. The van der Waals surface area contributed by atoms with Gasteiger partial charge in [0.25, 0.3) is 11.8 Å². The molecule has 2 aromatic rings. The van der Waals surface area contributed by atoms with Crippen LogP contribution in [0.3, 0.4) is 0 Å². The molecule has 1 saturated heterocycles. The van der Waals surface area contributed by atoms with Crippen LogP contribution in [0.25, 0.3) is 0 Å². The minimum absolute atomic E-state index is 0.0305. The molecular formula is C20H23F2N3O2. The highest BCUT2D eigenvalue weighted by molar-refractivity contribution is 5.89. The lowest BCUT2D eigenvalue weighted by Gasteiger charge is -2.30. The molecule has 2 aliphatic heterocycles. The highest BCUT2D eigenvalue weighted by atomic mass is 19.3. The number of alkyl halides is 2. The number of benzene rings is 1. The van der Waals surface area contributed by atoms with Crippen molar-refractivity contribution in [2.24, 2.45) is 0 Å². The van der Waals surface area contributed by atoms with Crippen molar-refractivity contribution in [2.75, 3.05) is 19.6 Å². The van der Waals surface area contributed by atoms with Crippen LogP contribution in [-0.4, -0.2) is 46.2 Å². The SMILES string of the molecule is Cc1ccccc1CN1CCc2oc(C(=O)N3CCC(F)(F)CC3)nc2C1. The van der Waals surface area contributed by atoms with Crippen LogP contribution in [0.2, 0.25) is 0 Å². The Bertz CT molecular complexity index is 840. The van der Waals surface area contributed by atoms with E-state index in [1.807, 2.05) is 12.1 Å². The molecule has 1 aromatic carbocycles. The Balaban J connectivity index is 1.43. The van der Waals surface area contributed by atoms with E-state index in [9.17, 15) is 13.6 Å². The zero-order chi connectivity index (χ0) is 19.0. The quantitative estimate of drug-likeness (QED) is 0.825. The molecule has 0 spiro atoms. The zero-order valence-electron chi connectivity index (χ0n) is 15.4. The first kappa shape index (κ1) is 18.1. The molecular weight excluding hydrogens is 352 g/mol. The number of hydrogen-bond acceptors (Lipinski definition) is 4. The van der Waals surface area contributed by atoms with Gasteiger partial charge in [-0.25, -0.2) is 13.8 Å². The number of hydrogen-bond donors (Lipinski definition) is 0. The van der Waals surface area contributed by atoms with Crippen LogP contribution in [0, 0.1) is 6.92 Å². The van der Waals surface area contributed by atoms with Crippen molar-refractivity contribution >= 4 is 5.91 Å². The summed E-state index contributed by atoms with van der Waals surface area (Å²) in [6.45, 7) is 4.46. The highest BCUT2D eigenvalue weighted by Crippen LogP contribution is 2.29. The van der Waals surface area contributed by atoms with Crippen LogP contribution >= 0.6 is 0 Å². The Hall–Kier alpha value is -2.28. The Morgan fingerprint density at radius 1 is 1.22 bits per heavy atom. The number of nitrogens with zero attached hydrogens (tertiary/aromatic N) is 3. The number of carbonyl (C=O) groups excluding carboxylic acids is 1. The molecule has 1 amide bonds. The van der Waals surface area contributed by atoms with Crippen molar-refractivity contribution in [2.45, 2.75) is 45.2 Å². The van der Waals surface area contributed by atoms with E-state index < -0.39 is 5.92 Å². The van der Waals surface area contributed by atoms with Crippen LogP contribution in [0.4, 0.5) is 8.78 Å². The summed E-state index contributed by atoms with van der Waals surface area (Å²) < 4.78 is 32.3. The summed E-state index contributed by atoms with van der Waals surface area (Å²) in [5, 5.41) is 0. The molecule has 0 radical (unpaired) electrons. The van der Waals surface area contributed by atoms with Gasteiger partial charge in [-0.1, -0.05) is 24.3 Å². The molecule has 0 unspecified atom stereocenters. The lowest BCUT2D eigenvalue weighted by Crippen LogP contribution is -2.42. The number of fused-ring (bicyclic) bond motifs is 1. The molecule has 0 atom stereocenters. The molecule has 1 fully saturated rings. The fourth-order valence-corrected chi connectivity index (χ4v) is 3.68. The van der Waals surface area contributed by atoms with Crippen LogP contribution in [0.15, 0.2) is 28.7 Å². The van der Waals surface area contributed by atoms with Gasteiger partial charge in [0.15, 0.2) is 0 Å². The predicted octanol–water partition coefficient (Wildman–Crippen LogP) is 3.41. The molecule has 0 N–H and O–H groups in total. The van der Waals surface area contributed by atoms with Crippen LogP contribution < -0.4 is 0 Å². The summed E-state index contributed by atoms with van der Waals surface area (Å²) in [4.78, 5) is 20.6. The summed E-state index contributed by atoms with van der Waals surface area (Å²) in [5.41, 5.74) is 3.30. The van der Waals surface area contributed by atoms with E-state index in [1.165, 1.54) is 16.0 Å². The predicted molar refractivity (Wildman–Crippen MR) is 95.6 cm³/mol. The van der Waals surface area contributed by atoms with Gasteiger partial charge in [-0.2, -0.15) is 0 Å². The number of carbonyl (C=O) groups is 1. The minimum atomic E-state index is -2.68. The average Bonchev–Trinajstić information content (AvgIpc) is 3.06. The molecule has 3 heterocycles. The number of amides is 1. The van der Waals surface area contributed by atoms with Gasteiger partial charge in [0.2, 0.25) is 0 Å². The number of piperidine rings is 1. The van der Waals surface area contributed by atoms with Gasteiger partial charge < -0.3 is 9.32 Å². The number of halogens is 2. The summed E-state index contributed by atoms with van der Waals surface area (Å²) in [7, 11) is 0. The van der Waals surface area contributed by atoms with Gasteiger partial charge in [-0.05, 0) is 18.1 Å². The van der Waals surface area contributed by atoms with Crippen molar-refractivity contribution in [3.63, 3.8) is 0 Å². The fraction of sp³-hybridized carbons (Fsp3) is 0.500. The molecule has 27 heavy (non-hydrogen) atoms. The van der Waals surface area contributed by atoms with Gasteiger partial charge >= 0.3 is 5.91 Å². The van der Waals surface area contributed by atoms with E-state index in [0.29, 0.717) is 13.0 Å². The largest absolute Gasteiger partial charge is 0.437 e. The summed E-state index contributed by atoms with van der Waals surface area (Å²) in [6, 6.07) is 8.28. The smallest absolute Gasteiger partial charge is 0.309 e. The van der Waals surface area contributed by atoms with Crippen LogP contribution in [-0.2, 0) is 19.5 Å². The standard InChI is InChI=1S/C20H23F2N3O2/c1-14-4-2-3-5-15(14)12-24-9-6-17-16(13-24)23-18(27-17)19(26)25-10-7-20(21,22)8-11-25/h2-5H,6-13H2,1H3. The summed E-state index contributed by atoms with van der Waals surface area (Å²) >= 11 is 0. The molecule has 7 heteroatoms. The highest BCUT2D eigenvalue weighted by Gasteiger charge is 2.37. The van der Waals surface area contributed by atoms with Crippen molar-refractivity contribution in [3.8, 4) is 0 Å². The van der Waals surface area contributed by atoms with E-state index in [0.717, 1.165) is 24.5 Å².